The van der Waals surface area contributed by atoms with Gasteiger partial charge in [0.25, 0.3) is 0 Å². The Morgan fingerprint density at radius 2 is 2.18 bits per heavy atom. The number of rotatable bonds is 4. The molecule has 0 spiro atoms. The maximum Gasteiger partial charge on any atom is 0.0534 e. The molecule has 1 N–H and O–H groups in total. The van der Waals surface area contributed by atoms with Crippen molar-refractivity contribution in [2.24, 2.45) is 12.5 Å². The summed E-state index contributed by atoms with van der Waals surface area (Å²) in [6.07, 6.45) is 6.62. The zero-order valence-electron chi connectivity index (χ0n) is 11.2. The molecule has 4 nitrogen and oxygen atoms in total. The minimum atomic E-state index is 0.474. The first-order valence-corrected chi connectivity index (χ1v) is 6.44. The molecule has 0 atom stereocenters. The van der Waals surface area contributed by atoms with Gasteiger partial charge >= 0.3 is 0 Å². The van der Waals surface area contributed by atoms with Gasteiger partial charge in [-0.15, -0.1) is 0 Å². The normalized spacial score (nSPS) is 19.8. The Kier molecular flexibility index (Phi) is 3.84. The summed E-state index contributed by atoms with van der Waals surface area (Å²) in [6.45, 7) is 6.91. The standard InChI is InChI=1S/C13H24N4/c1-13(4-6-14-7-5-13)11-16(2)9-12-8-15-17(3)10-12/h8,10,14H,4-7,9,11H2,1-3H3. The first kappa shape index (κ1) is 12.6. The first-order chi connectivity index (χ1) is 8.07. The van der Waals surface area contributed by atoms with E-state index in [0.29, 0.717) is 5.41 Å². The molecule has 0 aromatic carbocycles. The van der Waals surface area contributed by atoms with E-state index in [0.717, 1.165) is 19.6 Å². The van der Waals surface area contributed by atoms with Crippen molar-refractivity contribution in [3.63, 3.8) is 0 Å². The highest BCUT2D eigenvalue weighted by atomic mass is 15.2. The van der Waals surface area contributed by atoms with E-state index in [9.17, 15) is 0 Å². The monoisotopic (exact) mass is 236 g/mol. The van der Waals surface area contributed by atoms with E-state index in [2.05, 4.69) is 35.5 Å². The third kappa shape index (κ3) is 3.54. The van der Waals surface area contributed by atoms with Crippen LogP contribution in [0.2, 0.25) is 0 Å². The molecule has 96 valence electrons. The minimum Gasteiger partial charge on any atom is -0.317 e. The molecular weight excluding hydrogens is 212 g/mol. The molecule has 2 rings (SSSR count). The molecule has 1 fully saturated rings. The van der Waals surface area contributed by atoms with Gasteiger partial charge in [-0.25, -0.2) is 0 Å². The van der Waals surface area contributed by atoms with Crippen molar-refractivity contribution in [2.45, 2.75) is 26.3 Å². The molecule has 1 aliphatic rings. The van der Waals surface area contributed by atoms with E-state index in [1.54, 1.807) is 0 Å². The lowest BCUT2D eigenvalue weighted by atomic mass is 9.80. The fraction of sp³-hybridized carbons (Fsp3) is 0.769. The molecular formula is C13H24N4. The fourth-order valence-corrected chi connectivity index (χ4v) is 2.76. The Bertz CT molecular complexity index is 352. The summed E-state index contributed by atoms with van der Waals surface area (Å²) in [5.41, 5.74) is 1.77. The van der Waals surface area contributed by atoms with Gasteiger partial charge in [0.05, 0.1) is 6.20 Å². The van der Waals surface area contributed by atoms with Gasteiger partial charge in [-0.3, -0.25) is 4.68 Å². The molecule has 4 heteroatoms. The number of nitrogens with zero attached hydrogens (tertiary/aromatic N) is 3. The zero-order valence-corrected chi connectivity index (χ0v) is 11.2. The van der Waals surface area contributed by atoms with Crippen LogP contribution in [0.5, 0.6) is 0 Å². The van der Waals surface area contributed by atoms with Crippen molar-refractivity contribution in [1.82, 2.24) is 20.0 Å². The quantitative estimate of drug-likeness (QED) is 0.854. The lowest BCUT2D eigenvalue weighted by Crippen LogP contribution is -2.41. The maximum absolute atomic E-state index is 4.21. The first-order valence-electron chi connectivity index (χ1n) is 6.44. The smallest absolute Gasteiger partial charge is 0.0534 e. The van der Waals surface area contributed by atoms with Crippen LogP contribution in [0.15, 0.2) is 12.4 Å². The van der Waals surface area contributed by atoms with Crippen LogP contribution in [0.3, 0.4) is 0 Å². The Balaban J connectivity index is 1.85. The molecule has 1 aromatic heterocycles. The van der Waals surface area contributed by atoms with E-state index in [1.165, 1.54) is 24.9 Å². The predicted octanol–water partition coefficient (Wildman–Crippen LogP) is 1.24. The van der Waals surface area contributed by atoms with Crippen LogP contribution in [0, 0.1) is 5.41 Å². The van der Waals surface area contributed by atoms with Gasteiger partial charge in [0.2, 0.25) is 0 Å². The second-order valence-electron chi connectivity index (χ2n) is 5.76. The lowest BCUT2D eigenvalue weighted by molar-refractivity contribution is 0.143. The number of aromatic nitrogens is 2. The summed E-state index contributed by atoms with van der Waals surface area (Å²) in [7, 11) is 4.18. The van der Waals surface area contributed by atoms with Gasteiger partial charge in [-0.2, -0.15) is 5.10 Å². The van der Waals surface area contributed by atoms with Crippen LogP contribution >= 0.6 is 0 Å². The third-order valence-electron chi connectivity index (χ3n) is 3.67. The van der Waals surface area contributed by atoms with Crippen LogP contribution in [0.4, 0.5) is 0 Å². The van der Waals surface area contributed by atoms with Crippen LogP contribution in [0.25, 0.3) is 0 Å². The molecule has 17 heavy (non-hydrogen) atoms. The highest BCUT2D eigenvalue weighted by Crippen LogP contribution is 2.28. The Labute approximate surface area is 104 Å². The fourth-order valence-electron chi connectivity index (χ4n) is 2.76. The van der Waals surface area contributed by atoms with Gasteiger partial charge in [0.15, 0.2) is 0 Å². The highest BCUT2D eigenvalue weighted by molar-refractivity contribution is 5.03. The van der Waals surface area contributed by atoms with Crippen LogP contribution in [-0.2, 0) is 13.6 Å². The molecule has 0 saturated carbocycles. The second kappa shape index (κ2) is 5.19. The molecule has 0 amide bonds. The van der Waals surface area contributed by atoms with Crippen molar-refractivity contribution in [3.05, 3.63) is 18.0 Å². The number of piperidine rings is 1. The van der Waals surface area contributed by atoms with Crippen molar-refractivity contribution in [1.29, 1.82) is 0 Å². The molecule has 0 bridgehead atoms. The van der Waals surface area contributed by atoms with Crippen LogP contribution < -0.4 is 5.32 Å². The molecule has 1 saturated heterocycles. The summed E-state index contributed by atoms with van der Waals surface area (Å²) >= 11 is 0. The predicted molar refractivity (Wildman–Crippen MR) is 69.8 cm³/mol. The average Bonchev–Trinajstić information content (AvgIpc) is 2.63. The third-order valence-corrected chi connectivity index (χ3v) is 3.67. The van der Waals surface area contributed by atoms with Crippen molar-refractivity contribution >= 4 is 0 Å². The number of nitrogens with one attached hydrogen (secondary N) is 1. The Morgan fingerprint density at radius 3 is 2.76 bits per heavy atom. The van der Waals surface area contributed by atoms with Gasteiger partial charge in [0.1, 0.15) is 0 Å². The molecule has 0 unspecified atom stereocenters. The van der Waals surface area contributed by atoms with Crippen LogP contribution in [-0.4, -0.2) is 41.4 Å². The Hall–Kier alpha value is -0.870. The molecule has 2 heterocycles. The van der Waals surface area contributed by atoms with E-state index >= 15 is 0 Å². The highest BCUT2D eigenvalue weighted by Gasteiger charge is 2.27. The van der Waals surface area contributed by atoms with Crippen molar-refractivity contribution < 1.29 is 0 Å². The number of aryl methyl sites for hydroxylation is 1. The molecule has 1 aliphatic heterocycles. The zero-order chi connectivity index (χ0) is 12.3. The summed E-state index contributed by atoms with van der Waals surface area (Å²) in [5.74, 6) is 0. The second-order valence-corrected chi connectivity index (χ2v) is 5.76. The van der Waals surface area contributed by atoms with Crippen LogP contribution in [0.1, 0.15) is 25.3 Å². The van der Waals surface area contributed by atoms with Crippen molar-refractivity contribution in [3.8, 4) is 0 Å². The number of hydrogen-bond donors (Lipinski definition) is 1. The van der Waals surface area contributed by atoms with Gasteiger partial charge < -0.3 is 10.2 Å². The minimum absolute atomic E-state index is 0.474. The summed E-state index contributed by atoms with van der Waals surface area (Å²) < 4.78 is 1.87. The lowest BCUT2D eigenvalue weighted by Gasteiger charge is -2.37. The average molecular weight is 236 g/mol. The van der Waals surface area contributed by atoms with E-state index in [1.807, 2.05) is 17.9 Å². The van der Waals surface area contributed by atoms with Gasteiger partial charge in [-0.1, -0.05) is 6.92 Å². The Morgan fingerprint density at radius 1 is 1.47 bits per heavy atom. The summed E-state index contributed by atoms with van der Waals surface area (Å²) in [4.78, 5) is 2.42. The van der Waals surface area contributed by atoms with Crippen molar-refractivity contribution in [2.75, 3.05) is 26.7 Å². The molecule has 0 radical (unpaired) electrons. The van der Waals surface area contributed by atoms with Gasteiger partial charge in [-0.05, 0) is 38.4 Å². The van der Waals surface area contributed by atoms with E-state index < -0.39 is 0 Å². The van der Waals surface area contributed by atoms with Gasteiger partial charge in [0, 0.05) is 31.9 Å². The number of hydrogen-bond acceptors (Lipinski definition) is 3. The SMILES string of the molecule is CN(Cc1cnn(C)c1)CC1(C)CCNCC1. The molecule has 0 aliphatic carbocycles. The summed E-state index contributed by atoms with van der Waals surface area (Å²) in [5, 5.41) is 7.65. The largest absolute Gasteiger partial charge is 0.317 e. The maximum atomic E-state index is 4.21. The molecule has 1 aromatic rings. The summed E-state index contributed by atoms with van der Waals surface area (Å²) in [6, 6.07) is 0. The van der Waals surface area contributed by atoms with E-state index in [-0.39, 0.29) is 0 Å². The topological polar surface area (TPSA) is 33.1 Å². The van der Waals surface area contributed by atoms with E-state index in [4.69, 9.17) is 0 Å².